The number of carbonyl (C=O) groups is 2. The molecule has 0 radical (unpaired) electrons. The van der Waals surface area contributed by atoms with Gasteiger partial charge in [-0.2, -0.15) is 5.10 Å². The van der Waals surface area contributed by atoms with Gasteiger partial charge in [-0.25, -0.2) is 5.43 Å². The summed E-state index contributed by atoms with van der Waals surface area (Å²) in [7, 11) is 0. The molecule has 3 aromatic carbocycles. The number of hydrogen-bond donors (Lipinski definition) is 2. The summed E-state index contributed by atoms with van der Waals surface area (Å²) >= 11 is 6.04. The van der Waals surface area contributed by atoms with Crippen molar-refractivity contribution in [1.82, 2.24) is 10.7 Å². The fourth-order valence-electron chi connectivity index (χ4n) is 2.68. The quantitative estimate of drug-likeness (QED) is 0.480. The van der Waals surface area contributed by atoms with Crippen LogP contribution in [-0.4, -0.2) is 23.6 Å². The molecule has 5 nitrogen and oxygen atoms in total. The Kier molecular flexibility index (Phi) is 6.76. The monoisotopic (exact) mass is 405 g/mol. The van der Waals surface area contributed by atoms with Crippen LogP contribution in [0.4, 0.5) is 0 Å². The molecule has 0 aromatic heterocycles. The standard InChI is InChI=1S/C23H20ClN3O2/c1-16(25-23(29)19-14-8-9-15-20(19)24)22(28)27-26-21(17-10-4-2-5-11-17)18-12-6-3-7-13-18/h2-16H,1H3,(H,25,29)(H,27,28)/t16-/m0/s1. The summed E-state index contributed by atoms with van der Waals surface area (Å²) in [5.41, 5.74) is 5.23. The molecular formula is C23H20ClN3O2. The highest BCUT2D eigenvalue weighted by Gasteiger charge is 2.18. The molecule has 0 unspecified atom stereocenters. The van der Waals surface area contributed by atoms with E-state index >= 15 is 0 Å². The van der Waals surface area contributed by atoms with Crippen molar-refractivity contribution in [3.8, 4) is 0 Å². The number of nitrogens with one attached hydrogen (secondary N) is 2. The largest absolute Gasteiger partial charge is 0.340 e. The third-order valence-corrected chi connectivity index (χ3v) is 4.56. The van der Waals surface area contributed by atoms with Gasteiger partial charge in [-0.3, -0.25) is 9.59 Å². The zero-order chi connectivity index (χ0) is 20.6. The highest BCUT2D eigenvalue weighted by molar-refractivity contribution is 6.33. The lowest BCUT2D eigenvalue weighted by molar-refractivity contribution is -0.122. The van der Waals surface area contributed by atoms with Crippen molar-refractivity contribution >= 4 is 29.1 Å². The smallest absolute Gasteiger partial charge is 0.262 e. The van der Waals surface area contributed by atoms with Crippen molar-refractivity contribution in [2.24, 2.45) is 5.10 Å². The van der Waals surface area contributed by atoms with Crippen molar-refractivity contribution in [3.63, 3.8) is 0 Å². The van der Waals surface area contributed by atoms with E-state index < -0.39 is 17.9 Å². The summed E-state index contributed by atoms with van der Waals surface area (Å²) in [5, 5.41) is 7.28. The Labute approximate surface area is 174 Å². The van der Waals surface area contributed by atoms with Crippen LogP contribution in [0.2, 0.25) is 5.02 Å². The first-order chi connectivity index (χ1) is 14.1. The third-order valence-electron chi connectivity index (χ3n) is 4.23. The minimum Gasteiger partial charge on any atom is -0.340 e. The Morgan fingerprint density at radius 3 is 1.90 bits per heavy atom. The first-order valence-corrected chi connectivity index (χ1v) is 9.48. The van der Waals surface area contributed by atoms with Crippen molar-refractivity contribution in [2.45, 2.75) is 13.0 Å². The molecule has 1 atom stereocenters. The van der Waals surface area contributed by atoms with E-state index in [-0.39, 0.29) is 0 Å². The predicted molar refractivity (Wildman–Crippen MR) is 115 cm³/mol. The second-order valence-corrected chi connectivity index (χ2v) is 6.75. The molecular weight excluding hydrogens is 386 g/mol. The molecule has 0 heterocycles. The van der Waals surface area contributed by atoms with Crippen LogP contribution >= 0.6 is 11.6 Å². The van der Waals surface area contributed by atoms with Crippen LogP contribution in [-0.2, 0) is 4.79 Å². The van der Waals surface area contributed by atoms with E-state index in [0.29, 0.717) is 16.3 Å². The van der Waals surface area contributed by atoms with Gasteiger partial charge in [0.1, 0.15) is 6.04 Å². The number of benzene rings is 3. The lowest BCUT2D eigenvalue weighted by atomic mass is 10.0. The van der Waals surface area contributed by atoms with E-state index in [2.05, 4.69) is 15.8 Å². The molecule has 146 valence electrons. The van der Waals surface area contributed by atoms with Crippen LogP contribution < -0.4 is 10.7 Å². The minimum atomic E-state index is -0.796. The van der Waals surface area contributed by atoms with E-state index in [1.165, 1.54) is 0 Å². The van der Waals surface area contributed by atoms with Crippen LogP contribution in [0, 0.1) is 0 Å². The number of hydrogen-bond acceptors (Lipinski definition) is 3. The molecule has 0 aliphatic carbocycles. The highest BCUT2D eigenvalue weighted by atomic mass is 35.5. The fourth-order valence-corrected chi connectivity index (χ4v) is 2.90. The van der Waals surface area contributed by atoms with Gasteiger partial charge < -0.3 is 5.32 Å². The molecule has 3 rings (SSSR count). The molecule has 0 saturated carbocycles. The summed E-state index contributed by atoms with van der Waals surface area (Å²) in [5.74, 6) is -0.858. The van der Waals surface area contributed by atoms with Crippen molar-refractivity contribution in [2.75, 3.05) is 0 Å². The van der Waals surface area contributed by atoms with Gasteiger partial charge in [0.2, 0.25) is 0 Å². The topological polar surface area (TPSA) is 70.6 Å². The zero-order valence-electron chi connectivity index (χ0n) is 15.8. The fraction of sp³-hybridized carbons (Fsp3) is 0.0870. The van der Waals surface area contributed by atoms with Crippen LogP contribution in [0.1, 0.15) is 28.4 Å². The first-order valence-electron chi connectivity index (χ1n) is 9.10. The Bertz CT molecular complexity index is 979. The number of halogens is 1. The minimum absolute atomic E-state index is 0.312. The van der Waals surface area contributed by atoms with Crippen molar-refractivity contribution in [1.29, 1.82) is 0 Å². The maximum absolute atomic E-state index is 12.5. The van der Waals surface area contributed by atoms with Crippen molar-refractivity contribution in [3.05, 3.63) is 107 Å². The second-order valence-electron chi connectivity index (χ2n) is 6.34. The van der Waals surface area contributed by atoms with Crippen LogP contribution in [0.5, 0.6) is 0 Å². The Hall–Kier alpha value is -3.44. The van der Waals surface area contributed by atoms with Crippen LogP contribution in [0.3, 0.4) is 0 Å². The first kappa shape index (κ1) is 20.3. The van der Waals surface area contributed by atoms with Gasteiger partial charge in [-0.05, 0) is 19.1 Å². The molecule has 3 aromatic rings. The molecule has 0 aliphatic rings. The van der Waals surface area contributed by atoms with Gasteiger partial charge >= 0.3 is 0 Å². The Morgan fingerprint density at radius 2 is 1.34 bits per heavy atom. The van der Waals surface area contributed by atoms with Crippen LogP contribution in [0.15, 0.2) is 90.0 Å². The normalized spacial score (nSPS) is 11.2. The summed E-state index contributed by atoms with van der Waals surface area (Å²) in [6, 6.07) is 25.0. The number of amides is 2. The molecule has 0 fully saturated rings. The van der Waals surface area contributed by atoms with E-state index in [4.69, 9.17) is 11.6 Å². The van der Waals surface area contributed by atoms with E-state index in [0.717, 1.165) is 11.1 Å². The molecule has 0 spiro atoms. The number of rotatable bonds is 6. The maximum atomic E-state index is 12.5. The molecule has 6 heteroatoms. The summed E-state index contributed by atoms with van der Waals surface area (Å²) in [6.45, 7) is 1.59. The molecule has 2 N–H and O–H groups in total. The molecule has 0 aliphatic heterocycles. The Morgan fingerprint density at radius 1 is 0.828 bits per heavy atom. The zero-order valence-corrected chi connectivity index (χ0v) is 16.6. The lowest BCUT2D eigenvalue weighted by Crippen LogP contribution is -2.43. The van der Waals surface area contributed by atoms with Crippen LogP contribution in [0.25, 0.3) is 0 Å². The third kappa shape index (κ3) is 5.30. The Balaban J connectivity index is 1.74. The number of hydrazone groups is 1. The van der Waals surface area contributed by atoms with Gasteiger partial charge in [-0.1, -0.05) is 84.4 Å². The average molecular weight is 406 g/mol. The second kappa shape index (κ2) is 9.66. The SMILES string of the molecule is C[C@H](NC(=O)c1ccccc1Cl)C(=O)NN=C(c1ccccc1)c1ccccc1. The average Bonchev–Trinajstić information content (AvgIpc) is 2.75. The van der Waals surface area contributed by atoms with E-state index in [1.807, 2.05) is 60.7 Å². The maximum Gasteiger partial charge on any atom is 0.262 e. The lowest BCUT2D eigenvalue weighted by Gasteiger charge is -2.14. The van der Waals surface area contributed by atoms with E-state index in [9.17, 15) is 9.59 Å². The van der Waals surface area contributed by atoms with Gasteiger partial charge in [0.05, 0.1) is 16.3 Å². The van der Waals surface area contributed by atoms with Gasteiger partial charge in [0, 0.05) is 11.1 Å². The molecule has 0 bridgehead atoms. The molecule has 2 amide bonds. The van der Waals surface area contributed by atoms with Gasteiger partial charge in [-0.15, -0.1) is 0 Å². The van der Waals surface area contributed by atoms with Gasteiger partial charge in [0.25, 0.3) is 11.8 Å². The van der Waals surface area contributed by atoms with Gasteiger partial charge in [0.15, 0.2) is 0 Å². The van der Waals surface area contributed by atoms with Crippen molar-refractivity contribution < 1.29 is 9.59 Å². The van der Waals surface area contributed by atoms with E-state index in [1.54, 1.807) is 31.2 Å². The summed E-state index contributed by atoms with van der Waals surface area (Å²) in [6.07, 6.45) is 0. The summed E-state index contributed by atoms with van der Waals surface area (Å²) < 4.78 is 0. The molecule has 29 heavy (non-hydrogen) atoms. The number of nitrogens with zero attached hydrogens (tertiary/aromatic N) is 1. The number of carbonyl (C=O) groups excluding carboxylic acids is 2. The predicted octanol–water partition coefficient (Wildman–Crippen LogP) is 4.03. The summed E-state index contributed by atoms with van der Waals surface area (Å²) in [4.78, 5) is 24.8. The molecule has 0 saturated heterocycles. The highest BCUT2D eigenvalue weighted by Crippen LogP contribution is 2.15.